The van der Waals surface area contributed by atoms with Crippen molar-refractivity contribution in [2.24, 2.45) is 5.73 Å². The van der Waals surface area contributed by atoms with Gasteiger partial charge in [-0.15, -0.1) is 0 Å². The van der Waals surface area contributed by atoms with Crippen molar-refractivity contribution < 1.29 is 4.79 Å². The minimum absolute atomic E-state index is 0.431. The smallest absolute Gasteiger partial charge is 0.252 e. The lowest BCUT2D eigenvalue weighted by molar-refractivity contribution is 0.0999. The van der Waals surface area contributed by atoms with Gasteiger partial charge in [-0.1, -0.05) is 25.1 Å². The first-order chi connectivity index (χ1) is 7.72. The van der Waals surface area contributed by atoms with Gasteiger partial charge in [0.25, 0.3) is 5.91 Å². The Balaban J connectivity index is 2.48. The highest BCUT2D eigenvalue weighted by atomic mass is 16.1. The number of para-hydroxylation sites is 1. The molecular weight excluding hydrogens is 202 g/mol. The quantitative estimate of drug-likeness (QED) is 0.844. The number of nitrogens with two attached hydrogens (primary N) is 1. The van der Waals surface area contributed by atoms with E-state index in [1.54, 1.807) is 10.9 Å². The Morgan fingerprint density at radius 2 is 2.06 bits per heavy atom. The van der Waals surface area contributed by atoms with Crippen molar-refractivity contribution in [1.82, 2.24) is 9.78 Å². The summed E-state index contributed by atoms with van der Waals surface area (Å²) in [5, 5.41) is 4.34. The predicted molar refractivity (Wildman–Crippen MR) is 61.5 cm³/mol. The number of benzene rings is 1. The van der Waals surface area contributed by atoms with Crippen molar-refractivity contribution in [3.63, 3.8) is 0 Å². The van der Waals surface area contributed by atoms with Crippen molar-refractivity contribution in [1.29, 1.82) is 0 Å². The molecule has 0 saturated heterocycles. The largest absolute Gasteiger partial charge is 0.365 e. The van der Waals surface area contributed by atoms with Crippen LogP contribution in [0.3, 0.4) is 0 Å². The Morgan fingerprint density at radius 3 is 2.56 bits per heavy atom. The second-order valence-electron chi connectivity index (χ2n) is 3.49. The summed E-state index contributed by atoms with van der Waals surface area (Å²) in [7, 11) is 0. The zero-order valence-corrected chi connectivity index (χ0v) is 9.05. The summed E-state index contributed by atoms with van der Waals surface area (Å²) in [5.74, 6) is -0.431. The van der Waals surface area contributed by atoms with E-state index in [9.17, 15) is 4.79 Å². The summed E-state index contributed by atoms with van der Waals surface area (Å²) in [6, 6.07) is 9.64. The molecule has 1 heterocycles. The first kappa shape index (κ1) is 10.4. The van der Waals surface area contributed by atoms with E-state index >= 15 is 0 Å². The van der Waals surface area contributed by atoms with E-state index in [4.69, 9.17) is 5.73 Å². The molecule has 0 aliphatic rings. The van der Waals surface area contributed by atoms with Gasteiger partial charge >= 0.3 is 0 Å². The van der Waals surface area contributed by atoms with Gasteiger partial charge in [0.15, 0.2) is 0 Å². The lowest BCUT2D eigenvalue weighted by Crippen LogP contribution is -2.12. The van der Waals surface area contributed by atoms with E-state index in [0.29, 0.717) is 12.0 Å². The molecule has 0 fully saturated rings. The molecule has 2 aromatic rings. The fourth-order valence-electron chi connectivity index (χ4n) is 1.59. The molecule has 1 aromatic carbocycles. The lowest BCUT2D eigenvalue weighted by Gasteiger charge is -1.98. The van der Waals surface area contributed by atoms with Crippen LogP contribution in [0.2, 0.25) is 0 Å². The number of hydrogen-bond donors (Lipinski definition) is 1. The van der Waals surface area contributed by atoms with Crippen LogP contribution in [0.15, 0.2) is 36.5 Å². The fourth-order valence-corrected chi connectivity index (χ4v) is 1.59. The van der Waals surface area contributed by atoms with Gasteiger partial charge in [0.1, 0.15) is 0 Å². The molecule has 82 valence electrons. The number of rotatable bonds is 3. The Labute approximate surface area is 93.7 Å². The number of primary amides is 1. The van der Waals surface area contributed by atoms with Crippen molar-refractivity contribution in [3.05, 3.63) is 47.8 Å². The third-order valence-electron chi connectivity index (χ3n) is 2.41. The molecule has 1 aromatic heterocycles. The number of nitrogens with zero attached hydrogens (tertiary/aromatic N) is 2. The first-order valence-electron chi connectivity index (χ1n) is 5.16. The van der Waals surface area contributed by atoms with Gasteiger partial charge in [-0.05, 0) is 18.6 Å². The third kappa shape index (κ3) is 1.82. The molecule has 0 atom stereocenters. The topological polar surface area (TPSA) is 60.9 Å². The highest BCUT2D eigenvalue weighted by Crippen LogP contribution is 2.12. The number of carbonyl (C=O) groups is 1. The zero-order valence-electron chi connectivity index (χ0n) is 9.05. The van der Waals surface area contributed by atoms with E-state index in [-0.39, 0.29) is 0 Å². The molecule has 4 nitrogen and oxygen atoms in total. The van der Waals surface area contributed by atoms with Crippen LogP contribution in [0.4, 0.5) is 0 Å². The van der Waals surface area contributed by atoms with Crippen molar-refractivity contribution in [2.45, 2.75) is 13.3 Å². The molecule has 2 N–H and O–H groups in total. The molecule has 0 bridgehead atoms. The molecule has 0 saturated carbocycles. The molecule has 16 heavy (non-hydrogen) atoms. The number of amides is 1. The Kier molecular flexibility index (Phi) is 2.72. The zero-order chi connectivity index (χ0) is 11.5. The van der Waals surface area contributed by atoms with E-state index < -0.39 is 5.91 Å². The second-order valence-corrected chi connectivity index (χ2v) is 3.49. The van der Waals surface area contributed by atoms with Crippen LogP contribution in [-0.2, 0) is 6.42 Å². The number of aromatic nitrogens is 2. The Hall–Kier alpha value is -2.10. The van der Waals surface area contributed by atoms with Crippen LogP contribution in [0.5, 0.6) is 0 Å². The minimum atomic E-state index is -0.431. The highest BCUT2D eigenvalue weighted by Gasteiger charge is 2.12. The highest BCUT2D eigenvalue weighted by molar-refractivity contribution is 5.93. The summed E-state index contributed by atoms with van der Waals surface area (Å²) >= 11 is 0. The lowest BCUT2D eigenvalue weighted by atomic mass is 10.2. The maximum Gasteiger partial charge on any atom is 0.252 e. The number of carbonyl (C=O) groups excluding carboxylic acids is 1. The predicted octanol–water partition coefficient (Wildman–Crippen LogP) is 1.53. The summed E-state index contributed by atoms with van der Waals surface area (Å²) in [5.41, 5.74) is 7.44. The Bertz CT molecular complexity index is 502. The summed E-state index contributed by atoms with van der Waals surface area (Å²) in [4.78, 5) is 11.2. The van der Waals surface area contributed by atoms with Gasteiger partial charge < -0.3 is 5.73 Å². The van der Waals surface area contributed by atoms with Crippen LogP contribution in [-0.4, -0.2) is 15.7 Å². The first-order valence-corrected chi connectivity index (χ1v) is 5.16. The summed E-state index contributed by atoms with van der Waals surface area (Å²) in [6.45, 7) is 1.95. The second kappa shape index (κ2) is 4.18. The fraction of sp³-hybridized carbons (Fsp3) is 0.167. The molecule has 0 spiro atoms. The average molecular weight is 215 g/mol. The van der Waals surface area contributed by atoms with Crippen LogP contribution in [0.1, 0.15) is 23.0 Å². The molecule has 0 unspecified atom stereocenters. The molecule has 0 radical (unpaired) electrons. The van der Waals surface area contributed by atoms with E-state index in [1.165, 1.54) is 0 Å². The molecule has 0 aliphatic heterocycles. The molecule has 2 rings (SSSR count). The van der Waals surface area contributed by atoms with Crippen LogP contribution >= 0.6 is 0 Å². The van der Waals surface area contributed by atoms with E-state index in [0.717, 1.165) is 11.4 Å². The normalized spacial score (nSPS) is 10.3. The van der Waals surface area contributed by atoms with Gasteiger partial charge in [-0.25, -0.2) is 4.68 Å². The molecule has 1 amide bonds. The van der Waals surface area contributed by atoms with E-state index in [1.807, 2.05) is 37.3 Å². The average Bonchev–Trinajstić information content (AvgIpc) is 2.74. The monoisotopic (exact) mass is 215 g/mol. The van der Waals surface area contributed by atoms with Gasteiger partial charge in [0.2, 0.25) is 0 Å². The van der Waals surface area contributed by atoms with E-state index in [2.05, 4.69) is 5.10 Å². The van der Waals surface area contributed by atoms with Crippen LogP contribution in [0.25, 0.3) is 5.69 Å². The van der Waals surface area contributed by atoms with Gasteiger partial charge in [-0.3, -0.25) is 4.79 Å². The standard InChI is InChI=1S/C12H13N3O/c1-2-11-10(12(13)16)8-15(14-11)9-6-4-3-5-7-9/h3-8H,2H2,1H3,(H2,13,16). The maximum atomic E-state index is 11.2. The van der Waals surface area contributed by atoms with Crippen molar-refractivity contribution >= 4 is 5.91 Å². The number of hydrogen-bond acceptors (Lipinski definition) is 2. The van der Waals surface area contributed by atoms with Crippen LogP contribution in [0, 0.1) is 0 Å². The maximum absolute atomic E-state index is 11.2. The molecule has 0 aliphatic carbocycles. The van der Waals surface area contributed by atoms with Crippen LogP contribution < -0.4 is 5.73 Å². The third-order valence-corrected chi connectivity index (χ3v) is 2.41. The molecular formula is C12H13N3O. The molecule has 4 heteroatoms. The summed E-state index contributed by atoms with van der Waals surface area (Å²) < 4.78 is 1.68. The Morgan fingerprint density at radius 1 is 1.38 bits per heavy atom. The summed E-state index contributed by atoms with van der Waals surface area (Å²) in [6.07, 6.45) is 2.37. The minimum Gasteiger partial charge on any atom is -0.365 e. The van der Waals surface area contributed by atoms with Gasteiger partial charge in [0, 0.05) is 6.20 Å². The number of aryl methyl sites for hydroxylation is 1. The van der Waals surface area contributed by atoms with Gasteiger partial charge in [0.05, 0.1) is 16.9 Å². The van der Waals surface area contributed by atoms with Gasteiger partial charge in [-0.2, -0.15) is 5.10 Å². The SMILES string of the molecule is CCc1nn(-c2ccccc2)cc1C(N)=O. The van der Waals surface area contributed by atoms with Crippen molar-refractivity contribution in [3.8, 4) is 5.69 Å². The van der Waals surface area contributed by atoms with Crippen molar-refractivity contribution in [2.75, 3.05) is 0 Å².